The van der Waals surface area contributed by atoms with E-state index in [1.54, 1.807) is 17.8 Å². The molecule has 0 fully saturated rings. The summed E-state index contributed by atoms with van der Waals surface area (Å²) in [5.74, 6) is 0.872. The molecule has 0 N–H and O–H groups in total. The van der Waals surface area contributed by atoms with Crippen LogP contribution >= 0.6 is 11.8 Å². The van der Waals surface area contributed by atoms with Gasteiger partial charge in [-0.05, 0) is 17.7 Å². The highest BCUT2D eigenvalue weighted by Gasteiger charge is 2.04. The van der Waals surface area contributed by atoms with Gasteiger partial charge in [-0.3, -0.25) is 0 Å². The van der Waals surface area contributed by atoms with Gasteiger partial charge in [0.15, 0.2) is 0 Å². The Labute approximate surface area is 108 Å². The van der Waals surface area contributed by atoms with Gasteiger partial charge in [0, 0.05) is 5.75 Å². The number of rotatable bonds is 5. The van der Waals surface area contributed by atoms with Crippen molar-refractivity contribution in [3.05, 3.63) is 54.2 Å². The van der Waals surface area contributed by atoms with Gasteiger partial charge in [-0.25, -0.2) is 4.98 Å². The van der Waals surface area contributed by atoms with E-state index >= 15 is 0 Å². The number of ether oxygens (including phenoxy) is 1. The van der Waals surface area contributed by atoms with Gasteiger partial charge in [-0.2, -0.15) is 8.78 Å². The maximum absolute atomic E-state index is 11.9. The number of thioether (sulfide) groups is 1. The molecule has 0 aliphatic heterocycles. The Kier molecular flexibility index (Phi) is 4.52. The van der Waals surface area contributed by atoms with Gasteiger partial charge in [0.2, 0.25) is 0 Å². The molecule has 94 valence electrons. The number of aromatic nitrogens is 1. The summed E-state index contributed by atoms with van der Waals surface area (Å²) >= 11 is 1.55. The lowest BCUT2D eigenvalue weighted by molar-refractivity contribution is -0.0501. The average molecular weight is 267 g/mol. The van der Waals surface area contributed by atoms with Crippen molar-refractivity contribution >= 4 is 11.8 Å². The van der Waals surface area contributed by atoms with Gasteiger partial charge in [0.1, 0.15) is 5.75 Å². The van der Waals surface area contributed by atoms with Gasteiger partial charge in [-0.15, -0.1) is 11.8 Å². The maximum Gasteiger partial charge on any atom is 0.387 e. The monoisotopic (exact) mass is 267 g/mol. The van der Waals surface area contributed by atoms with Crippen LogP contribution in [-0.4, -0.2) is 11.6 Å². The molecule has 0 radical (unpaired) electrons. The van der Waals surface area contributed by atoms with Crippen LogP contribution in [0.25, 0.3) is 0 Å². The zero-order valence-corrected chi connectivity index (χ0v) is 10.2. The predicted molar refractivity (Wildman–Crippen MR) is 66.9 cm³/mol. The quantitative estimate of drug-likeness (QED) is 0.765. The van der Waals surface area contributed by atoms with Crippen LogP contribution < -0.4 is 4.74 Å². The third-order valence-corrected chi connectivity index (χ3v) is 3.18. The van der Waals surface area contributed by atoms with Crippen LogP contribution in [0.4, 0.5) is 8.78 Å². The summed E-state index contributed by atoms with van der Waals surface area (Å²) in [5, 5.41) is 0.778. The largest absolute Gasteiger partial charge is 0.433 e. The lowest BCUT2D eigenvalue weighted by Crippen LogP contribution is -2.01. The zero-order valence-electron chi connectivity index (χ0n) is 9.42. The van der Waals surface area contributed by atoms with E-state index in [0.717, 1.165) is 10.8 Å². The Morgan fingerprint density at radius 2 is 1.89 bits per heavy atom. The summed E-state index contributed by atoms with van der Waals surface area (Å²) < 4.78 is 28.1. The first-order valence-corrected chi connectivity index (χ1v) is 6.30. The second-order valence-corrected chi connectivity index (χ2v) is 4.48. The van der Waals surface area contributed by atoms with E-state index in [-0.39, 0.29) is 5.75 Å². The van der Waals surface area contributed by atoms with Crippen molar-refractivity contribution in [2.75, 3.05) is 0 Å². The topological polar surface area (TPSA) is 22.1 Å². The fourth-order valence-corrected chi connectivity index (χ4v) is 2.15. The van der Waals surface area contributed by atoms with Gasteiger partial charge >= 0.3 is 6.61 Å². The average Bonchev–Trinajstić information content (AvgIpc) is 2.38. The highest BCUT2D eigenvalue weighted by atomic mass is 32.2. The predicted octanol–water partition coefficient (Wildman–Crippen LogP) is 3.98. The summed E-state index contributed by atoms with van der Waals surface area (Å²) in [5.41, 5.74) is 1.19. The number of hydrogen-bond acceptors (Lipinski definition) is 3. The molecule has 0 aliphatic rings. The molecular formula is C13H11F2NOS. The van der Waals surface area contributed by atoms with E-state index in [9.17, 15) is 8.78 Å². The van der Waals surface area contributed by atoms with Crippen molar-refractivity contribution < 1.29 is 13.5 Å². The minimum absolute atomic E-state index is 0.0778. The third-order valence-electron chi connectivity index (χ3n) is 2.16. The molecule has 0 aliphatic carbocycles. The van der Waals surface area contributed by atoms with E-state index in [0.29, 0.717) is 0 Å². The van der Waals surface area contributed by atoms with E-state index in [1.807, 2.05) is 30.3 Å². The van der Waals surface area contributed by atoms with Crippen LogP contribution in [0.15, 0.2) is 53.7 Å². The maximum atomic E-state index is 11.9. The fourth-order valence-electron chi connectivity index (χ4n) is 1.36. The van der Waals surface area contributed by atoms with Gasteiger partial charge in [0.05, 0.1) is 11.2 Å². The van der Waals surface area contributed by atoms with Crippen molar-refractivity contribution in [3.63, 3.8) is 0 Å². The number of nitrogens with zero attached hydrogens (tertiary/aromatic N) is 1. The minimum atomic E-state index is -2.81. The molecule has 2 rings (SSSR count). The summed E-state index contributed by atoms with van der Waals surface area (Å²) in [7, 11) is 0. The van der Waals surface area contributed by atoms with Crippen molar-refractivity contribution in [2.24, 2.45) is 0 Å². The first-order valence-electron chi connectivity index (χ1n) is 5.31. The SMILES string of the molecule is FC(F)Oc1ccc(SCc2ccccc2)nc1. The van der Waals surface area contributed by atoms with E-state index in [2.05, 4.69) is 9.72 Å². The molecule has 0 unspecified atom stereocenters. The molecule has 5 heteroatoms. The lowest BCUT2D eigenvalue weighted by atomic mass is 10.2. The smallest absolute Gasteiger partial charge is 0.387 e. The Morgan fingerprint density at radius 3 is 2.50 bits per heavy atom. The van der Waals surface area contributed by atoms with Crippen LogP contribution in [0.5, 0.6) is 5.75 Å². The van der Waals surface area contributed by atoms with E-state index in [1.165, 1.54) is 17.8 Å². The Balaban J connectivity index is 1.90. The molecule has 0 atom stereocenters. The number of benzene rings is 1. The van der Waals surface area contributed by atoms with Crippen LogP contribution in [0.3, 0.4) is 0 Å². The Hall–Kier alpha value is -1.62. The number of alkyl halides is 2. The van der Waals surface area contributed by atoms with Crippen molar-refractivity contribution in [2.45, 2.75) is 17.4 Å². The Bertz CT molecular complexity index is 476. The summed E-state index contributed by atoms with van der Waals surface area (Å²) in [6, 6.07) is 13.1. The van der Waals surface area contributed by atoms with Crippen molar-refractivity contribution in [1.82, 2.24) is 4.98 Å². The van der Waals surface area contributed by atoms with Crippen molar-refractivity contribution in [3.8, 4) is 5.75 Å². The highest BCUT2D eigenvalue weighted by molar-refractivity contribution is 7.98. The summed E-state index contributed by atoms with van der Waals surface area (Å²) in [4.78, 5) is 4.05. The van der Waals surface area contributed by atoms with Crippen LogP contribution in [0.2, 0.25) is 0 Å². The van der Waals surface area contributed by atoms with Gasteiger partial charge < -0.3 is 4.74 Å². The summed E-state index contributed by atoms with van der Waals surface area (Å²) in [6.07, 6.45) is 1.31. The molecule has 1 aromatic heterocycles. The van der Waals surface area contributed by atoms with Gasteiger partial charge in [-0.1, -0.05) is 30.3 Å². The van der Waals surface area contributed by atoms with E-state index < -0.39 is 6.61 Å². The first-order chi connectivity index (χ1) is 8.74. The number of halogens is 2. The molecule has 1 heterocycles. The van der Waals surface area contributed by atoms with Gasteiger partial charge in [0.25, 0.3) is 0 Å². The van der Waals surface area contributed by atoms with Crippen LogP contribution in [0.1, 0.15) is 5.56 Å². The standard InChI is InChI=1S/C13H11F2NOS/c14-13(15)17-11-6-7-12(16-8-11)18-9-10-4-2-1-3-5-10/h1-8,13H,9H2. The molecule has 1 aromatic carbocycles. The Morgan fingerprint density at radius 1 is 1.11 bits per heavy atom. The molecule has 0 spiro atoms. The molecule has 0 saturated carbocycles. The first kappa shape index (κ1) is 12.8. The highest BCUT2D eigenvalue weighted by Crippen LogP contribution is 2.22. The van der Waals surface area contributed by atoms with Crippen LogP contribution in [0, 0.1) is 0 Å². The molecule has 0 amide bonds. The van der Waals surface area contributed by atoms with E-state index in [4.69, 9.17) is 0 Å². The van der Waals surface area contributed by atoms with Crippen molar-refractivity contribution in [1.29, 1.82) is 0 Å². The minimum Gasteiger partial charge on any atom is -0.433 e. The molecule has 2 aromatic rings. The zero-order chi connectivity index (χ0) is 12.8. The molecule has 18 heavy (non-hydrogen) atoms. The molecule has 0 bridgehead atoms. The number of hydrogen-bond donors (Lipinski definition) is 0. The van der Waals surface area contributed by atoms with Crippen LogP contribution in [-0.2, 0) is 5.75 Å². The second-order valence-electron chi connectivity index (χ2n) is 3.48. The fraction of sp³-hybridized carbons (Fsp3) is 0.154. The second kappa shape index (κ2) is 6.35. The third kappa shape index (κ3) is 4.00. The number of pyridine rings is 1. The lowest BCUT2D eigenvalue weighted by Gasteiger charge is -2.05. The molecule has 2 nitrogen and oxygen atoms in total. The normalized spacial score (nSPS) is 10.6. The molecular weight excluding hydrogens is 256 g/mol. The summed E-state index contributed by atoms with van der Waals surface area (Å²) in [6.45, 7) is -2.81. The molecule has 0 saturated heterocycles.